The fourth-order valence-electron chi connectivity index (χ4n) is 3.57. The van der Waals surface area contributed by atoms with Crippen LogP contribution in [0, 0.1) is 10.8 Å². The summed E-state index contributed by atoms with van der Waals surface area (Å²) in [5.74, 6) is -0.822. The van der Waals surface area contributed by atoms with Gasteiger partial charge < -0.3 is 15.3 Å². The van der Waals surface area contributed by atoms with Crippen molar-refractivity contribution >= 4 is 12.0 Å². The Morgan fingerprint density at radius 3 is 2.52 bits per heavy atom. The molecule has 1 aliphatic heterocycles. The molecule has 0 aromatic carbocycles. The standard InChI is InChI=1S/C16H26N2O3/c1-3-6-16(7-4-5-8-16)11-17-14(21)18-10-9-15(2,12-18)13(19)20/h3H,1,4-12H2,2H3,(H,17,21)(H,19,20). The molecule has 1 saturated carbocycles. The van der Waals surface area contributed by atoms with Crippen LogP contribution in [0.4, 0.5) is 4.79 Å². The first-order valence-corrected chi connectivity index (χ1v) is 7.78. The van der Waals surface area contributed by atoms with Crippen LogP contribution in [0.1, 0.15) is 45.4 Å². The van der Waals surface area contributed by atoms with Crippen LogP contribution in [0.25, 0.3) is 0 Å². The van der Waals surface area contributed by atoms with E-state index in [4.69, 9.17) is 0 Å². The Kier molecular flexibility index (Phi) is 4.59. The highest BCUT2D eigenvalue weighted by atomic mass is 16.4. The van der Waals surface area contributed by atoms with Crippen molar-refractivity contribution in [3.8, 4) is 0 Å². The number of rotatable bonds is 5. The smallest absolute Gasteiger partial charge is 0.317 e. The fraction of sp³-hybridized carbons (Fsp3) is 0.750. The van der Waals surface area contributed by atoms with Crippen molar-refractivity contribution in [3.63, 3.8) is 0 Å². The summed E-state index contributed by atoms with van der Waals surface area (Å²) in [5, 5.41) is 12.2. The second-order valence-corrected chi connectivity index (χ2v) is 6.90. The highest BCUT2D eigenvalue weighted by Crippen LogP contribution is 2.40. The Labute approximate surface area is 126 Å². The average Bonchev–Trinajstić information content (AvgIpc) is 3.05. The van der Waals surface area contributed by atoms with E-state index in [2.05, 4.69) is 11.9 Å². The summed E-state index contributed by atoms with van der Waals surface area (Å²) in [4.78, 5) is 25.1. The molecular weight excluding hydrogens is 268 g/mol. The lowest BCUT2D eigenvalue weighted by atomic mass is 9.83. The lowest BCUT2D eigenvalue weighted by Crippen LogP contribution is -2.44. The van der Waals surface area contributed by atoms with E-state index < -0.39 is 11.4 Å². The quantitative estimate of drug-likeness (QED) is 0.766. The van der Waals surface area contributed by atoms with Gasteiger partial charge in [-0.15, -0.1) is 6.58 Å². The highest BCUT2D eigenvalue weighted by Gasteiger charge is 2.42. The molecule has 2 amide bonds. The van der Waals surface area contributed by atoms with Crippen LogP contribution >= 0.6 is 0 Å². The van der Waals surface area contributed by atoms with Crippen molar-refractivity contribution < 1.29 is 14.7 Å². The van der Waals surface area contributed by atoms with Gasteiger partial charge in [0.15, 0.2) is 0 Å². The van der Waals surface area contributed by atoms with Gasteiger partial charge in [-0.25, -0.2) is 4.79 Å². The molecule has 0 aromatic heterocycles. The van der Waals surface area contributed by atoms with Crippen LogP contribution in [0.5, 0.6) is 0 Å². The second-order valence-electron chi connectivity index (χ2n) is 6.90. The molecule has 0 radical (unpaired) electrons. The van der Waals surface area contributed by atoms with Gasteiger partial charge in [-0.05, 0) is 38.0 Å². The molecule has 1 atom stereocenters. The molecule has 5 nitrogen and oxygen atoms in total. The number of aliphatic carboxylic acids is 1. The van der Waals surface area contributed by atoms with E-state index in [9.17, 15) is 14.7 Å². The number of carbonyl (C=O) groups is 2. The Morgan fingerprint density at radius 1 is 1.33 bits per heavy atom. The molecule has 5 heteroatoms. The number of likely N-dealkylation sites (tertiary alicyclic amines) is 1. The van der Waals surface area contributed by atoms with Crippen molar-refractivity contribution in [3.05, 3.63) is 12.7 Å². The van der Waals surface area contributed by atoms with E-state index in [1.807, 2.05) is 6.08 Å². The molecule has 2 N–H and O–H groups in total. The molecule has 1 aliphatic carbocycles. The first-order valence-electron chi connectivity index (χ1n) is 7.78. The van der Waals surface area contributed by atoms with E-state index in [1.165, 1.54) is 12.8 Å². The third-order valence-corrected chi connectivity index (χ3v) is 5.13. The van der Waals surface area contributed by atoms with Gasteiger partial charge in [0.25, 0.3) is 0 Å². The number of nitrogens with zero attached hydrogens (tertiary/aromatic N) is 1. The Hall–Kier alpha value is -1.52. The maximum Gasteiger partial charge on any atom is 0.317 e. The molecule has 2 aliphatic rings. The third kappa shape index (κ3) is 3.39. The summed E-state index contributed by atoms with van der Waals surface area (Å²) in [6.07, 6.45) is 8.08. The van der Waals surface area contributed by atoms with Crippen LogP contribution in [-0.4, -0.2) is 41.6 Å². The van der Waals surface area contributed by atoms with E-state index in [0.717, 1.165) is 19.3 Å². The van der Waals surface area contributed by atoms with Gasteiger partial charge in [-0.3, -0.25) is 4.79 Å². The largest absolute Gasteiger partial charge is 0.481 e. The highest BCUT2D eigenvalue weighted by molar-refractivity contribution is 5.79. The number of carboxylic acids is 1. The number of carboxylic acid groups (broad SMARTS) is 1. The van der Waals surface area contributed by atoms with Gasteiger partial charge in [0.1, 0.15) is 0 Å². The summed E-state index contributed by atoms with van der Waals surface area (Å²) < 4.78 is 0. The van der Waals surface area contributed by atoms with Crippen LogP contribution < -0.4 is 5.32 Å². The number of allylic oxidation sites excluding steroid dienone is 1. The molecule has 1 heterocycles. The average molecular weight is 294 g/mol. The molecule has 2 rings (SSSR count). The summed E-state index contributed by atoms with van der Waals surface area (Å²) in [7, 11) is 0. The zero-order chi connectivity index (χ0) is 15.5. The number of hydrogen-bond acceptors (Lipinski definition) is 2. The van der Waals surface area contributed by atoms with E-state index in [1.54, 1.807) is 11.8 Å². The maximum atomic E-state index is 12.3. The lowest BCUT2D eigenvalue weighted by Gasteiger charge is -2.29. The molecule has 1 saturated heterocycles. The molecular formula is C16H26N2O3. The minimum atomic E-state index is -0.822. The Morgan fingerprint density at radius 2 is 2.00 bits per heavy atom. The first-order chi connectivity index (χ1) is 9.91. The summed E-state index contributed by atoms with van der Waals surface area (Å²) >= 11 is 0. The van der Waals surface area contributed by atoms with Gasteiger partial charge in [0, 0.05) is 19.6 Å². The SMILES string of the molecule is C=CCC1(CNC(=O)N2CCC(C)(C(=O)O)C2)CCCC1. The molecule has 1 unspecified atom stereocenters. The van der Waals surface area contributed by atoms with Gasteiger partial charge in [0.05, 0.1) is 5.41 Å². The van der Waals surface area contributed by atoms with E-state index >= 15 is 0 Å². The van der Waals surface area contributed by atoms with Gasteiger partial charge in [0.2, 0.25) is 0 Å². The van der Waals surface area contributed by atoms with Crippen molar-refractivity contribution in [2.45, 2.75) is 45.4 Å². The minimum Gasteiger partial charge on any atom is -0.481 e. The van der Waals surface area contributed by atoms with Crippen molar-refractivity contribution in [2.75, 3.05) is 19.6 Å². The maximum absolute atomic E-state index is 12.3. The predicted octanol–water partition coefficient (Wildman–Crippen LogP) is 2.63. The molecule has 2 fully saturated rings. The molecule has 0 spiro atoms. The van der Waals surface area contributed by atoms with Crippen LogP contribution in [0.3, 0.4) is 0 Å². The van der Waals surface area contributed by atoms with Crippen LogP contribution in [-0.2, 0) is 4.79 Å². The number of hydrogen-bond donors (Lipinski definition) is 2. The molecule has 118 valence electrons. The Bertz CT molecular complexity index is 429. The monoisotopic (exact) mass is 294 g/mol. The van der Waals surface area contributed by atoms with E-state index in [-0.39, 0.29) is 11.4 Å². The second kappa shape index (κ2) is 6.08. The zero-order valence-electron chi connectivity index (χ0n) is 12.9. The zero-order valence-corrected chi connectivity index (χ0v) is 12.9. The molecule has 0 aromatic rings. The van der Waals surface area contributed by atoms with Crippen molar-refractivity contribution in [1.82, 2.24) is 10.2 Å². The molecule has 0 bridgehead atoms. The summed E-state index contributed by atoms with van der Waals surface area (Å²) in [5.41, 5.74) is -0.642. The number of amides is 2. The van der Waals surface area contributed by atoms with Crippen molar-refractivity contribution in [1.29, 1.82) is 0 Å². The van der Waals surface area contributed by atoms with Gasteiger partial charge >= 0.3 is 12.0 Å². The molecule has 21 heavy (non-hydrogen) atoms. The topological polar surface area (TPSA) is 69.6 Å². The van der Waals surface area contributed by atoms with Gasteiger partial charge in [-0.1, -0.05) is 18.9 Å². The summed E-state index contributed by atoms with van der Waals surface area (Å²) in [6, 6.07) is -0.129. The minimum absolute atomic E-state index is 0.129. The number of carbonyl (C=O) groups excluding carboxylic acids is 1. The summed E-state index contributed by atoms with van der Waals surface area (Å²) in [6.45, 7) is 7.01. The van der Waals surface area contributed by atoms with Crippen molar-refractivity contribution in [2.24, 2.45) is 10.8 Å². The normalized spacial score (nSPS) is 27.6. The first kappa shape index (κ1) is 15.9. The number of nitrogens with one attached hydrogen (secondary N) is 1. The van der Waals surface area contributed by atoms with Gasteiger partial charge in [-0.2, -0.15) is 0 Å². The fourth-order valence-corrected chi connectivity index (χ4v) is 3.57. The Balaban J connectivity index is 1.88. The number of urea groups is 1. The van der Waals surface area contributed by atoms with E-state index in [0.29, 0.717) is 26.1 Å². The van der Waals surface area contributed by atoms with Crippen LogP contribution in [0.15, 0.2) is 12.7 Å². The third-order valence-electron chi connectivity index (χ3n) is 5.13. The predicted molar refractivity (Wildman–Crippen MR) is 81.0 cm³/mol. The van der Waals surface area contributed by atoms with Crippen LogP contribution in [0.2, 0.25) is 0 Å². The lowest BCUT2D eigenvalue weighted by molar-refractivity contribution is -0.147.